The Hall–Kier alpha value is -2.79. The number of nitrogens with zero attached hydrogens (tertiary/aromatic N) is 4. The van der Waals surface area contributed by atoms with E-state index in [1.165, 1.54) is 12.1 Å². The molecule has 0 N–H and O–H groups in total. The van der Waals surface area contributed by atoms with E-state index in [9.17, 15) is 14.4 Å². The Kier molecular flexibility index (Phi) is 6.80. The number of halogens is 4. The maximum absolute atomic E-state index is 14.2. The Morgan fingerprint density at radius 1 is 1.24 bits per heavy atom. The van der Waals surface area contributed by atoms with E-state index in [0.29, 0.717) is 46.4 Å². The molecule has 1 aliphatic heterocycles. The van der Waals surface area contributed by atoms with Gasteiger partial charge in [-0.3, -0.25) is 4.79 Å². The molecule has 10 heteroatoms. The van der Waals surface area contributed by atoms with Crippen molar-refractivity contribution >= 4 is 46.4 Å². The number of hydrogen-bond donors (Lipinski definition) is 0. The molecule has 0 spiro atoms. The van der Waals surface area contributed by atoms with Gasteiger partial charge in [0.25, 0.3) is 5.91 Å². The van der Waals surface area contributed by atoms with Crippen LogP contribution >= 0.6 is 34.8 Å². The van der Waals surface area contributed by atoms with Crippen LogP contribution in [-0.2, 0) is 6.54 Å². The van der Waals surface area contributed by atoms with Gasteiger partial charge in [-0.15, -0.1) is 0 Å². The molecule has 1 fully saturated rings. The lowest BCUT2D eigenvalue weighted by atomic mass is 10.1. The number of likely N-dealkylation sites (tertiary alicyclic amines) is 1. The standard InChI is InChI=1S/C23H18Cl3FN4O2/c1-13-6-22(29-33-13)23(32)30-5-4-17(12-30)31(16-3-2-14(10-28)18(24)8-16)11-15-7-21(27)20(26)9-19(15)25/h2-3,6-9,17H,4-5,11-12H2,1H3/t17-/m0/s1. The normalized spacial score (nSPS) is 15.5. The van der Waals surface area contributed by atoms with Crippen LogP contribution in [0.3, 0.4) is 0 Å². The second-order valence-corrected chi connectivity index (χ2v) is 9.00. The molecule has 3 aromatic rings. The fourth-order valence-electron chi connectivity index (χ4n) is 3.88. The van der Waals surface area contributed by atoms with Gasteiger partial charge in [0.15, 0.2) is 5.69 Å². The number of hydrogen-bond acceptors (Lipinski definition) is 5. The van der Waals surface area contributed by atoms with Gasteiger partial charge in [0, 0.05) is 42.5 Å². The van der Waals surface area contributed by atoms with E-state index in [2.05, 4.69) is 5.16 Å². The van der Waals surface area contributed by atoms with Gasteiger partial charge in [-0.1, -0.05) is 40.0 Å². The summed E-state index contributed by atoms with van der Waals surface area (Å²) in [6, 6.07) is 11.3. The summed E-state index contributed by atoms with van der Waals surface area (Å²) in [5.74, 6) is -0.233. The molecule has 2 aromatic carbocycles. The number of benzene rings is 2. The monoisotopic (exact) mass is 506 g/mol. The molecular formula is C23H18Cl3FN4O2. The molecule has 0 aliphatic carbocycles. The van der Waals surface area contributed by atoms with Crippen molar-refractivity contribution in [2.75, 3.05) is 18.0 Å². The van der Waals surface area contributed by atoms with E-state index >= 15 is 0 Å². The first-order valence-electron chi connectivity index (χ1n) is 10.1. The summed E-state index contributed by atoms with van der Waals surface area (Å²) in [5, 5.41) is 13.6. The minimum Gasteiger partial charge on any atom is -0.362 e. The topological polar surface area (TPSA) is 73.4 Å². The molecule has 0 saturated carbocycles. The first kappa shape index (κ1) is 23.4. The van der Waals surface area contributed by atoms with Gasteiger partial charge < -0.3 is 14.3 Å². The smallest absolute Gasteiger partial charge is 0.276 e. The van der Waals surface area contributed by atoms with E-state index in [4.69, 9.17) is 39.3 Å². The predicted octanol–water partition coefficient (Wildman–Crippen LogP) is 5.88. The third kappa shape index (κ3) is 4.93. The molecule has 1 amide bonds. The maximum atomic E-state index is 14.2. The van der Waals surface area contributed by atoms with Gasteiger partial charge in [-0.25, -0.2) is 4.39 Å². The summed E-state index contributed by atoms with van der Waals surface area (Å²) >= 11 is 18.5. The van der Waals surface area contributed by atoms with Crippen LogP contribution in [0.2, 0.25) is 15.1 Å². The zero-order valence-electron chi connectivity index (χ0n) is 17.5. The summed E-state index contributed by atoms with van der Waals surface area (Å²) in [5.41, 5.74) is 1.86. The number of carbonyl (C=O) groups excluding carboxylic acids is 1. The molecule has 1 saturated heterocycles. The van der Waals surface area contributed by atoms with Crippen molar-refractivity contribution in [1.29, 1.82) is 5.26 Å². The predicted molar refractivity (Wildman–Crippen MR) is 124 cm³/mol. The highest BCUT2D eigenvalue weighted by molar-refractivity contribution is 6.35. The number of amides is 1. The fraction of sp³-hybridized carbons (Fsp3) is 0.261. The average molecular weight is 508 g/mol. The van der Waals surface area contributed by atoms with Gasteiger partial charge in [0.2, 0.25) is 0 Å². The van der Waals surface area contributed by atoms with Crippen molar-refractivity contribution in [3.63, 3.8) is 0 Å². The first-order chi connectivity index (χ1) is 15.8. The van der Waals surface area contributed by atoms with Crippen molar-refractivity contribution in [3.8, 4) is 6.07 Å². The third-order valence-electron chi connectivity index (χ3n) is 5.57. The van der Waals surface area contributed by atoms with Crippen LogP contribution in [0.25, 0.3) is 0 Å². The van der Waals surface area contributed by atoms with Crippen LogP contribution in [0.5, 0.6) is 0 Å². The van der Waals surface area contributed by atoms with Crippen LogP contribution in [0.4, 0.5) is 10.1 Å². The van der Waals surface area contributed by atoms with Crippen LogP contribution in [0, 0.1) is 24.1 Å². The van der Waals surface area contributed by atoms with E-state index in [1.807, 2.05) is 11.0 Å². The van der Waals surface area contributed by atoms with Gasteiger partial charge >= 0.3 is 0 Å². The largest absolute Gasteiger partial charge is 0.362 e. The Balaban J connectivity index is 1.64. The Morgan fingerprint density at radius 3 is 2.70 bits per heavy atom. The fourth-order valence-corrected chi connectivity index (χ4v) is 4.54. The van der Waals surface area contributed by atoms with Gasteiger partial charge in [-0.2, -0.15) is 5.26 Å². The molecule has 4 rings (SSSR count). The molecule has 1 atom stereocenters. The number of aryl methyl sites for hydroxylation is 1. The van der Waals surface area contributed by atoms with Crippen LogP contribution in [0.15, 0.2) is 40.9 Å². The second kappa shape index (κ2) is 9.60. The summed E-state index contributed by atoms with van der Waals surface area (Å²) < 4.78 is 19.2. The summed E-state index contributed by atoms with van der Waals surface area (Å²) in [4.78, 5) is 16.5. The molecule has 0 radical (unpaired) electrons. The lowest BCUT2D eigenvalue weighted by molar-refractivity contribution is 0.0780. The van der Waals surface area contributed by atoms with Crippen molar-refractivity contribution in [1.82, 2.24) is 10.1 Å². The Morgan fingerprint density at radius 2 is 2.03 bits per heavy atom. The molecule has 0 unspecified atom stereocenters. The average Bonchev–Trinajstić information content (AvgIpc) is 3.44. The summed E-state index contributed by atoms with van der Waals surface area (Å²) in [6.07, 6.45) is 0.661. The number of anilines is 1. The third-order valence-corrected chi connectivity index (χ3v) is 6.53. The number of rotatable bonds is 5. The molecule has 1 aromatic heterocycles. The van der Waals surface area contributed by atoms with Crippen LogP contribution in [-0.4, -0.2) is 35.1 Å². The van der Waals surface area contributed by atoms with Crippen LogP contribution < -0.4 is 4.90 Å². The lowest BCUT2D eigenvalue weighted by Crippen LogP contribution is -2.39. The number of carbonyl (C=O) groups is 1. The highest BCUT2D eigenvalue weighted by Gasteiger charge is 2.33. The minimum atomic E-state index is -0.571. The van der Waals surface area contributed by atoms with Crippen molar-refractivity contribution in [2.24, 2.45) is 0 Å². The van der Waals surface area contributed by atoms with E-state index in [1.54, 1.807) is 36.1 Å². The lowest BCUT2D eigenvalue weighted by Gasteiger charge is -2.32. The van der Waals surface area contributed by atoms with Crippen molar-refractivity contribution < 1.29 is 13.7 Å². The van der Waals surface area contributed by atoms with Gasteiger partial charge in [0.05, 0.1) is 15.6 Å². The van der Waals surface area contributed by atoms with E-state index < -0.39 is 5.82 Å². The molecule has 0 bridgehead atoms. The zero-order valence-corrected chi connectivity index (χ0v) is 19.8. The second-order valence-electron chi connectivity index (χ2n) is 7.78. The van der Waals surface area contributed by atoms with E-state index in [-0.39, 0.29) is 29.2 Å². The van der Waals surface area contributed by atoms with Crippen molar-refractivity contribution in [2.45, 2.75) is 25.9 Å². The number of aromatic nitrogens is 1. The van der Waals surface area contributed by atoms with Gasteiger partial charge in [0.1, 0.15) is 17.6 Å². The Labute approximate surface area is 205 Å². The quantitative estimate of drug-likeness (QED) is 0.404. The highest BCUT2D eigenvalue weighted by Crippen LogP contribution is 2.32. The molecule has 6 nitrogen and oxygen atoms in total. The highest BCUT2D eigenvalue weighted by atomic mass is 35.5. The molecule has 1 aliphatic rings. The molecular weight excluding hydrogens is 490 g/mol. The Bertz CT molecular complexity index is 1260. The first-order valence-corrected chi connectivity index (χ1v) is 11.2. The molecule has 2 heterocycles. The molecule has 170 valence electrons. The molecule has 33 heavy (non-hydrogen) atoms. The zero-order chi connectivity index (χ0) is 23.7. The SMILES string of the molecule is Cc1cc(C(=O)N2CC[C@H](N(Cc3cc(F)c(Cl)cc3Cl)c3ccc(C#N)c(Cl)c3)C2)no1. The van der Waals surface area contributed by atoms with Crippen LogP contribution in [0.1, 0.15) is 33.8 Å². The minimum absolute atomic E-state index is 0.0581. The summed E-state index contributed by atoms with van der Waals surface area (Å²) in [7, 11) is 0. The van der Waals surface area contributed by atoms with Crippen molar-refractivity contribution in [3.05, 3.63) is 79.9 Å². The summed E-state index contributed by atoms with van der Waals surface area (Å²) in [6.45, 7) is 2.90. The maximum Gasteiger partial charge on any atom is 0.276 e. The van der Waals surface area contributed by atoms with E-state index in [0.717, 1.165) is 5.69 Å². The number of nitriles is 1. The van der Waals surface area contributed by atoms with Gasteiger partial charge in [-0.05, 0) is 49.2 Å².